The Labute approximate surface area is 219 Å². The van der Waals surface area contributed by atoms with E-state index in [4.69, 9.17) is 10.1 Å². The zero-order chi connectivity index (χ0) is 26.1. The lowest BCUT2D eigenvalue weighted by Gasteiger charge is -2.21. The third-order valence-electron chi connectivity index (χ3n) is 6.69. The SMILES string of the molecule is CC(C)(CO)CNCc1ccc(-n2nc(-c3cn[nH]n3)[n+]3ccc4ncc(-c5ccccc5)cc4c23)cc1. The molecule has 0 saturated carbocycles. The highest BCUT2D eigenvalue weighted by Crippen LogP contribution is 2.26. The van der Waals surface area contributed by atoms with Gasteiger partial charge in [0.15, 0.2) is 5.69 Å². The van der Waals surface area contributed by atoms with Gasteiger partial charge in [0.05, 0.1) is 28.4 Å². The second-order valence-electron chi connectivity index (χ2n) is 10.2. The lowest BCUT2D eigenvalue weighted by atomic mass is 9.95. The third-order valence-corrected chi connectivity index (χ3v) is 6.69. The molecule has 2 aromatic carbocycles. The van der Waals surface area contributed by atoms with E-state index in [1.165, 1.54) is 0 Å². The van der Waals surface area contributed by atoms with Crippen molar-refractivity contribution in [2.24, 2.45) is 5.41 Å². The van der Waals surface area contributed by atoms with Crippen LogP contribution in [0.4, 0.5) is 0 Å². The summed E-state index contributed by atoms with van der Waals surface area (Å²) in [6, 6.07) is 22.7. The Morgan fingerprint density at radius 3 is 2.55 bits per heavy atom. The van der Waals surface area contributed by atoms with Crippen molar-refractivity contribution in [1.29, 1.82) is 0 Å². The lowest BCUT2D eigenvalue weighted by Crippen LogP contribution is -2.31. The highest BCUT2D eigenvalue weighted by atomic mass is 16.3. The van der Waals surface area contributed by atoms with Crippen molar-refractivity contribution in [3.05, 3.63) is 90.9 Å². The molecule has 0 radical (unpaired) electrons. The number of H-pyrrole nitrogens is 1. The number of rotatable bonds is 8. The van der Waals surface area contributed by atoms with Gasteiger partial charge in [-0.25, -0.2) is 0 Å². The molecule has 0 amide bonds. The molecule has 0 bridgehead atoms. The van der Waals surface area contributed by atoms with Crippen LogP contribution >= 0.6 is 0 Å². The first-order valence-corrected chi connectivity index (χ1v) is 12.6. The monoisotopic (exact) mass is 505 g/mol. The molecule has 0 aliphatic carbocycles. The van der Waals surface area contributed by atoms with Crippen LogP contribution in [0, 0.1) is 5.41 Å². The fraction of sp³-hybridized carbons (Fsp3) is 0.207. The van der Waals surface area contributed by atoms with Crippen LogP contribution in [0.15, 0.2) is 85.3 Å². The number of nitrogens with one attached hydrogen (secondary N) is 2. The first kappa shape index (κ1) is 23.9. The summed E-state index contributed by atoms with van der Waals surface area (Å²) in [4.78, 5) is 4.77. The normalized spacial score (nSPS) is 12.0. The van der Waals surface area contributed by atoms with E-state index in [2.05, 4.69) is 63.2 Å². The van der Waals surface area contributed by atoms with Gasteiger partial charge in [-0.1, -0.05) is 61.0 Å². The summed E-state index contributed by atoms with van der Waals surface area (Å²) in [6.07, 6.45) is 5.56. The van der Waals surface area contributed by atoms with Gasteiger partial charge in [0.2, 0.25) is 0 Å². The molecule has 0 atom stereocenters. The highest BCUT2D eigenvalue weighted by Gasteiger charge is 2.27. The second-order valence-corrected chi connectivity index (χ2v) is 10.2. The van der Waals surface area contributed by atoms with Crippen LogP contribution in [-0.2, 0) is 6.54 Å². The molecule has 0 unspecified atom stereocenters. The maximum Gasteiger partial charge on any atom is 0.336 e. The topological polar surface area (TPSA) is 109 Å². The largest absolute Gasteiger partial charge is 0.396 e. The van der Waals surface area contributed by atoms with Crippen molar-refractivity contribution in [2.75, 3.05) is 13.2 Å². The van der Waals surface area contributed by atoms with Crippen LogP contribution in [-0.4, -0.2) is 48.4 Å². The molecule has 9 nitrogen and oxygen atoms in total. The molecule has 6 aromatic rings. The van der Waals surface area contributed by atoms with E-state index < -0.39 is 0 Å². The van der Waals surface area contributed by atoms with Gasteiger partial charge in [-0.2, -0.15) is 14.7 Å². The van der Waals surface area contributed by atoms with Gasteiger partial charge in [0, 0.05) is 36.9 Å². The summed E-state index contributed by atoms with van der Waals surface area (Å²) in [5, 5.41) is 29.9. The smallest absolute Gasteiger partial charge is 0.336 e. The van der Waals surface area contributed by atoms with Gasteiger partial charge >= 0.3 is 5.82 Å². The molecule has 4 aromatic heterocycles. The summed E-state index contributed by atoms with van der Waals surface area (Å²) in [7, 11) is 0. The number of nitrogens with zero attached hydrogens (tertiary/aromatic N) is 6. The molecule has 9 heteroatoms. The lowest BCUT2D eigenvalue weighted by molar-refractivity contribution is -0.498. The second kappa shape index (κ2) is 9.77. The quantitative estimate of drug-likeness (QED) is 0.272. The number of benzene rings is 2. The van der Waals surface area contributed by atoms with Crippen LogP contribution in [0.25, 0.3) is 44.9 Å². The van der Waals surface area contributed by atoms with Crippen LogP contribution in [0.2, 0.25) is 0 Å². The molecule has 0 aliphatic heterocycles. The molecule has 3 N–H and O–H groups in total. The van der Waals surface area contributed by atoms with Crippen LogP contribution < -0.4 is 9.72 Å². The molecule has 0 saturated heterocycles. The Bertz CT molecular complexity index is 1690. The van der Waals surface area contributed by atoms with Crippen molar-refractivity contribution in [2.45, 2.75) is 20.4 Å². The van der Waals surface area contributed by atoms with Gasteiger partial charge in [-0.15, -0.1) is 5.10 Å². The predicted octanol–water partition coefficient (Wildman–Crippen LogP) is 3.72. The number of hydrogen-bond donors (Lipinski definition) is 3. The van der Waals surface area contributed by atoms with Gasteiger partial charge in [0.25, 0.3) is 5.65 Å². The number of fused-ring (bicyclic) bond motifs is 3. The van der Waals surface area contributed by atoms with Crippen LogP contribution in [0.3, 0.4) is 0 Å². The number of hydrogen-bond acceptors (Lipinski definition) is 6. The predicted molar refractivity (Wildman–Crippen MR) is 145 cm³/mol. The zero-order valence-electron chi connectivity index (χ0n) is 21.3. The van der Waals surface area contributed by atoms with Crippen LogP contribution in [0.5, 0.6) is 0 Å². The first-order chi connectivity index (χ1) is 18.5. The maximum atomic E-state index is 9.50. The average Bonchev–Trinajstić information content (AvgIpc) is 3.62. The van der Waals surface area contributed by atoms with Crippen molar-refractivity contribution in [3.63, 3.8) is 0 Å². The number of aromatic amines is 1. The molecule has 190 valence electrons. The van der Waals surface area contributed by atoms with E-state index in [9.17, 15) is 5.11 Å². The number of aliphatic hydroxyl groups is 1. The fourth-order valence-corrected chi connectivity index (χ4v) is 4.52. The van der Waals surface area contributed by atoms with Gasteiger partial charge < -0.3 is 10.4 Å². The van der Waals surface area contributed by atoms with Crippen molar-refractivity contribution in [1.82, 2.24) is 35.5 Å². The molecular weight excluding hydrogens is 476 g/mol. The standard InChI is InChI=1S/C29H29N8O/c1-29(2,19-38)18-30-15-20-8-10-23(11-9-20)37-28-24-14-22(21-6-4-3-5-7-21)16-31-25(24)12-13-36(28)27(34-37)26-17-32-35-33-26/h3-14,16-17,30,38H,15,18-19H2,1-2H3,(H,32,33,35)/q+1. The Morgan fingerprint density at radius 2 is 1.82 bits per heavy atom. The van der Waals surface area contributed by atoms with E-state index in [-0.39, 0.29) is 12.0 Å². The minimum absolute atomic E-state index is 0.144. The maximum absolute atomic E-state index is 9.50. The minimum Gasteiger partial charge on any atom is -0.396 e. The first-order valence-electron chi connectivity index (χ1n) is 12.6. The average molecular weight is 506 g/mol. The van der Waals surface area contributed by atoms with E-state index in [0.717, 1.165) is 52.0 Å². The Hall–Kier alpha value is -4.47. The molecule has 38 heavy (non-hydrogen) atoms. The molecule has 4 heterocycles. The van der Waals surface area contributed by atoms with Gasteiger partial charge in [-0.3, -0.25) is 4.98 Å². The third kappa shape index (κ3) is 4.53. The van der Waals surface area contributed by atoms with Gasteiger partial charge in [-0.05, 0) is 35.4 Å². The van der Waals surface area contributed by atoms with Crippen molar-refractivity contribution < 1.29 is 9.51 Å². The summed E-state index contributed by atoms with van der Waals surface area (Å²) >= 11 is 0. The van der Waals surface area contributed by atoms with E-state index in [1.807, 2.05) is 59.6 Å². The van der Waals surface area contributed by atoms with E-state index in [1.54, 1.807) is 6.20 Å². The summed E-state index contributed by atoms with van der Waals surface area (Å²) in [5.41, 5.74) is 6.48. The Kier molecular flexibility index (Phi) is 6.15. The number of aliphatic hydroxyl groups excluding tert-OH is 1. The summed E-state index contributed by atoms with van der Waals surface area (Å²) in [6.45, 7) is 5.67. The zero-order valence-corrected chi connectivity index (χ0v) is 21.3. The van der Waals surface area contributed by atoms with Gasteiger partial charge in [0.1, 0.15) is 5.69 Å². The van der Waals surface area contributed by atoms with E-state index in [0.29, 0.717) is 11.5 Å². The minimum atomic E-state index is -0.156. The molecule has 0 aliphatic rings. The van der Waals surface area contributed by atoms with Crippen molar-refractivity contribution in [3.8, 4) is 28.3 Å². The fourth-order valence-electron chi connectivity index (χ4n) is 4.52. The van der Waals surface area contributed by atoms with Crippen molar-refractivity contribution >= 4 is 16.6 Å². The van der Waals surface area contributed by atoms with E-state index >= 15 is 0 Å². The van der Waals surface area contributed by atoms with Crippen LogP contribution in [0.1, 0.15) is 19.4 Å². The Morgan fingerprint density at radius 1 is 1.00 bits per heavy atom. The molecule has 6 rings (SSSR count). The Balaban J connectivity index is 1.46. The highest BCUT2D eigenvalue weighted by molar-refractivity contribution is 5.93. The molecule has 0 spiro atoms. The summed E-state index contributed by atoms with van der Waals surface area (Å²) < 4.78 is 3.97. The summed E-state index contributed by atoms with van der Waals surface area (Å²) in [5.74, 6) is 0.678. The number of aromatic nitrogens is 7. The molecular formula is C29H29N8O+. The molecule has 0 fully saturated rings. The number of pyridine rings is 2.